The molecule has 0 aromatic heterocycles. The van der Waals surface area contributed by atoms with Gasteiger partial charge in [0.1, 0.15) is 30.2 Å². The van der Waals surface area contributed by atoms with E-state index in [2.05, 4.69) is 26.6 Å². The van der Waals surface area contributed by atoms with Gasteiger partial charge in [-0.2, -0.15) is 0 Å². The molecule has 0 aliphatic heterocycles. The van der Waals surface area contributed by atoms with Gasteiger partial charge in [-0.05, 0) is 44.6 Å². The number of nitrogens with one attached hydrogen (secondary N) is 5. The quantitative estimate of drug-likeness (QED) is 0.0471. The topological polar surface area (TPSA) is 330 Å². The van der Waals surface area contributed by atoms with E-state index in [1.807, 2.05) is 0 Å². The average molecular weight is 648 g/mol. The van der Waals surface area contributed by atoms with Crippen LogP contribution >= 0.6 is 0 Å². The highest BCUT2D eigenvalue weighted by atomic mass is 16.4. The van der Waals surface area contributed by atoms with Crippen LogP contribution in [0, 0.1) is 5.92 Å². The van der Waals surface area contributed by atoms with Crippen molar-refractivity contribution in [3.63, 3.8) is 0 Å². The number of nitrogens with two attached hydrogens (primary N) is 2. The van der Waals surface area contributed by atoms with Crippen molar-refractivity contribution in [2.45, 2.75) is 89.0 Å². The van der Waals surface area contributed by atoms with Crippen molar-refractivity contribution in [2.24, 2.45) is 17.4 Å². The lowest BCUT2D eigenvalue weighted by Crippen LogP contribution is -2.58. The van der Waals surface area contributed by atoms with Gasteiger partial charge in [0.05, 0.1) is 19.6 Å². The van der Waals surface area contributed by atoms with Crippen molar-refractivity contribution in [1.29, 1.82) is 0 Å². The fraction of sp³-hybridized carbons (Fsp3) is 0.692. The first kappa shape index (κ1) is 40.6. The summed E-state index contributed by atoms with van der Waals surface area (Å²) in [6.07, 6.45) is -1.30. The lowest BCUT2D eigenvalue weighted by atomic mass is 10.0. The van der Waals surface area contributed by atoms with E-state index in [1.54, 1.807) is 13.8 Å². The van der Waals surface area contributed by atoms with Gasteiger partial charge < -0.3 is 58.5 Å². The van der Waals surface area contributed by atoms with E-state index in [0.717, 1.165) is 0 Å². The molecular weight excluding hydrogens is 602 g/mol. The molecule has 19 heteroatoms. The second kappa shape index (κ2) is 21.4. The van der Waals surface area contributed by atoms with Crippen LogP contribution < -0.4 is 38.1 Å². The monoisotopic (exact) mass is 647 g/mol. The van der Waals surface area contributed by atoms with Crippen molar-refractivity contribution in [3.8, 4) is 0 Å². The number of unbranched alkanes of at least 4 members (excludes halogenated alkanes) is 1. The van der Waals surface area contributed by atoms with Gasteiger partial charge in [0.15, 0.2) is 0 Å². The highest BCUT2D eigenvalue weighted by Gasteiger charge is 2.33. The van der Waals surface area contributed by atoms with E-state index in [4.69, 9.17) is 21.7 Å². The molecule has 0 aliphatic carbocycles. The van der Waals surface area contributed by atoms with E-state index in [1.165, 1.54) is 0 Å². The number of rotatable bonds is 23. The van der Waals surface area contributed by atoms with Crippen molar-refractivity contribution in [3.05, 3.63) is 0 Å². The summed E-state index contributed by atoms with van der Waals surface area (Å²) in [4.78, 5) is 97.6. The number of aliphatic hydroxyl groups is 1. The molecule has 0 saturated carbocycles. The van der Waals surface area contributed by atoms with Crippen molar-refractivity contribution in [1.82, 2.24) is 26.6 Å². The molecule has 0 spiro atoms. The van der Waals surface area contributed by atoms with Crippen LogP contribution in [0.25, 0.3) is 0 Å². The summed E-state index contributed by atoms with van der Waals surface area (Å²) in [6.45, 7) is 2.36. The fourth-order valence-corrected chi connectivity index (χ4v) is 3.82. The van der Waals surface area contributed by atoms with Crippen LogP contribution in [-0.4, -0.2) is 118 Å². The molecule has 0 fully saturated rings. The van der Waals surface area contributed by atoms with Crippen molar-refractivity contribution >= 4 is 47.4 Å². The smallest absolute Gasteiger partial charge is 0.326 e. The van der Waals surface area contributed by atoms with Crippen LogP contribution in [0.15, 0.2) is 0 Å². The Balaban J connectivity index is 5.89. The number of hydrogen-bond acceptors (Lipinski definition) is 11. The summed E-state index contributed by atoms with van der Waals surface area (Å²) in [5.74, 6) is -9.28. The Morgan fingerprint density at radius 3 is 1.71 bits per heavy atom. The molecular formula is C26H45N7O12. The van der Waals surface area contributed by atoms with Crippen LogP contribution in [0.2, 0.25) is 0 Å². The maximum Gasteiger partial charge on any atom is 0.326 e. The van der Waals surface area contributed by atoms with Crippen LogP contribution in [0.3, 0.4) is 0 Å². The van der Waals surface area contributed by atoms with Gasteiger partial charge in [-0.3, -0.25) is 33.6 Å². The lowest BCUT2D eigenvalue weighted by Gasteiger charge is -2.25. The molecule has 0 saturated heterocycles. The third kappa shape index (κ3) is 17.5. The first-order chi connectivity index (χ1) is 21.0. The average Bonchev–Trinajstić information content (AvgIpc) is 2.95. The number of carboxylic acid groups (broad SMARTS) is 3. The number of hydrogen-bond donors (Lipinski definition) is 11. The van der Waals surface area contributed by atoms with Gasteiger partial charge in [0.25, 0.3) is 0 Å². The maximum absolute atomic E-state index is 13.1. The molecule has 45 heavy (non-hydrogen) atoms. The molecule has 256 valence electrons. The zero-order valence-corrected chi connectivity index (χ0v) is 25.2. The summed E-state index contributed by atoms with van der Waals surface area (Å²) in [5, 5.41) is 48.0. The Kier molecular flexibility index (Phi) is 19.3. The largest absolute Gasteiger partial charge is 0.481 e. The molecule has 0 radical (unpaired) electrons. The Labute approximate surface area is 259 Å². The number of amides is 5. The molecule has 0 aromatic carbocycles. The number of carboxylic acids is 3. The molecule has 0 aromatic rings. The summed E-state index contributed by atoms with van der Waals surface area (Å²) in [6, 6.07) is -7.39. The number of aliphatic carboxylic acids is 3. The van der Waals surface area contributed by atoms with Gasteiger partial charge in [-0.1, -0.05) is 13.8 Å². The molecule has 0 aliphatic rings. The fourth-order valence-electron chi connectivity index (χ4n) is 3.82. The van der Waals surface area contributed by atoms with Crippen molar-refractivity contribution in [2.75, 3.05) is 19.7 Å². The summed E-state index contributed by atoms with van der Waals surface area (Å²) < 4.78 is 0. The zero-order valence-electron chi connectivity index (χ0n) is 25.2. The van der Waals surface area contributed by atoms with E-state index < -0.39 is 110 Å². The number of aliphatic hydroxyl groups excluding tert-OH is 1. The highest BCUT2D eigenvalue weighted by molar-refractivity contribution is 5.97. The summed E-state index contributed by atoms with van der Waals surface area (Å²) in [7, 11) is 0. The number of carbonyl (C=O) groups excluding carboxylic acids is 5. The van der Waals surface area contributed by atoms with Gasteiger partial charge in [-0.25, -0.2) is 4.79 Å². The Bertz CT molecular complexity index is 1060. The van der Waals surface area contributed by atoms with Gasteiger partial charge in [-0.15, -0.1) is 0 Å². The van der Waals surface area contributed by atoms with Gasteiger partial charge >= 0.3 is 17.9 Å². The molecule has 5 atom stereocenters. The first-order valence-corrected chi connectivity index (χ1v) is 14.2. The predicted octanol–water partition coefficient (Wildman–Crippen LogP) is -4.04. The van der Waals surface area contributed by atoms with Crippen LogP contribution in [0.1, 0.15) is 58.8 Å². The normalized spacial score (nSPS) is 14.2. The van der Waals surface area contributed by atoms with Crippen LogP contribution in [-0.2, 0) is 38.4 Å². The van der Waals surface area contributed by atoms with Crippen LogP contribution in [0.5, 0.6) is 0 Å². The predicted molar refractivity (Wildman–Crippen MR) is 155 cm³/mol. The lowest BCUT2D eigenvalue weighted by molar-refractivity contribution is -0.144. The standard InChI is InChI=1S/C26H45N7O12/c1-13(2)9-18(26(44)45)33-24(42)16(6-7-20(36)37)31-25(43)17(10-21(38)39)32-23(41)15(5-3-4-8-27)30-19(35)11-29-22(40)14(28)12-34/h13-18,34H,3-12,27-28H2,1-2H3,(H,29,40)(H,30,35)(H,31,43)(H,32,41)(H,33,42)(H,36,37)(H,38,39)(H,44,45). The Morgan fingerprint density at radius 2 is 1.22 bits per heavy atom. The third-order valence-electron chi connectivity index (χ3n) is 6.17. The minimum atomic E-state index is -1.81. The molecule has 5 amide bonds. The molecule has 19 nitrogen and oxygen atoms in total. The highest BCUT2D eigenvalue weighted by Crippen LogP contribution is 2.08. The molecule has 0 bridgehead atoms. The van der Waals surface area contributed by atoms with Gasteiger partial charge in [0.2, 0.25) is 29.5 Å². The first-order valence-electron chi connectivity index (χ1n) is 14.2. The molecule has 0 rings (SSSR count). The Morgan fingerprint density at radius 1 is 0.689 bits per heavy atom. The summed E-state index contributed by atoms with van der Waals surface area (Å²) in [5.41, 5.74) is 10.8. The number of carbonyl (C=O) groups is 8. The SMILES string of the molecule is CC(C)CC(NC(=O)C(CCC(=O)O)NC(=O)C(CC(=O)O)NC(=O)C(CCCCN)NC(=O)CNC(=O)C(N)CO)C(=O)O. The second-order valence-corrected chi connectivity index (χ2v) is 10.6. The van der Waals surface area contributed by atoms with Crippen LogP contribution in [0.4, 0.5) is 0 Å². The summed E-state index contributed by atoms with van der Waals surface area (Å²) >= 11 is 0. The third-order valence-corrected chi connectivity index (χ3v) is 6.17. The van der Waals surface area contributed by atoms with E-state index >= 15 is 0 Å². The second-order valence-electron chi connectivity index (χ2n) is 10.6. The van der Waals surface area contributed by atoms with E-state index in [-0.39, 0.29) is 25.3 Å². The Hall–Kier alpha value is -4.36. The maximum atomic E-state index is 13.1. The minimum Gasteiger partial charge on any atom is -0.481 e. The van der Waals surface area contributed by atoms with Crippen molar-refractivity contribution < 1.29 is 58.8 Å². The molecule has 13 N–H and O–H groups in total. The molecule has 5 unspecified atom stereocenters. The van der Waals surface area contributed by atoms with E-state index in [9.17, 15) is 48.6 Å². The zero-order chi connectivity index (χ0) is 34.7. The molecule has 0 heterocycles. The van der Waals surface area contributed by atoms with Gasteiger partial charge in [0, 0.05) is 6.42 Å². The minimum absolute atomic E-state index is 0.00362. The van der Waals surface area contributed by atoms with E-state index in [0.29, 0.717) is 12.8 Å².